The van der Waals surface area contributed by atoms with Gasteiger partial charge in [-0.25, -0.2) is 4.39 Å². The first-order chi connectivity index (χ1) is 7.91. The Morgan fingerprint density at radius 1 is 1.41 bits per heavy atom. The summed E-state index contributed by atoms with van der Waals surface area (Å²) in [6, 6.07) is 4.72. The zero-order valence-electron chi connectivity index (χ0n) is 10.6. The summed E-state index contributed by atoms with van der Waals surface area (Å²) in [5, 5.41) is 0. The normalized spacial score (nSPS) is 18.5. The molecule has 0 amide bonds. The Morgan fingerprint density at radius 3 is 2.65 bits per heavy atom. The standard InChI is InChI=1S/C14H18FNO/c1-10(17)11-5-4-6-12(15)13(11)16-8-7-14(2,3)9-16/h4-6H,7-9H2,1-3H3. The molecule has 0 aromatic heterocycles. The minimum absolute atomic E-state index is 0.0794. The molecule has 0 unspecified atom stereocenters. The lowest BCUT2D eigenvalue weighted by atomic mass is 9.93. The Labute approximate surface area is 101 Å². The van der Waals surface area contributed by atoms with Crippen LogP contribution in [0.2, 0.25) is 0 Å². The fourth-order valence-corrected chi connectivity index (χ4v) is 2.42. The summed E-state index contributed by atoms with van der Waals surface area (Å²) < 4.78 is 13.9. The Morgan fingerprint density at radius 2 is 2.12 bits per heavy atom. The number of carbonyl (C=O) groups excluding carboxylic acids is 1. The number of nitrogens with zero attached hydrogens (tertiary/aromatic N) is 1. The highest BCUT2D eigenvalue weighted by molar-refractivity contribution is 5.99. The van der Waals surface area contributed by atoms with Crippen molar-refractivity contribution in [3.8, 4) is 0 Å². The minimum atomic E-state index is -0.296. The second kappa shape index (κ2) is 4.13. The third-order valence-corrected chi connectivity index (χ3v) is 3.36. The van der Waals surface area contributed by atoms with Crippen molar-refractivity contribution in [3.63, 3.8) is 0 Å². The number of Topliss-reactive ketones (excluding diaryl/α,β-unsaturated/α-hetero) is 1. The first-order valence-electron chi connectivity index (χ1n) is 5.95. The molecule has 0 bridgehead atoms. The summed E-state index contributed by atoms with van der Waals surface area (Å²) in [4.78, 5) is 13.5. The van der Waals surface area contributed by atoms with Crippen molar-refractivity contribution in [1.82, 2.24) is 0 Å². The van der Waals surface area contributed by atoms with Crippen LogP contribution in [0.4, 0.5) is 10.1 Å². The van der Waals surface area contributed by atoms with Crippen LogP contribution in [0, 0.1) is 11.2 Å². The lowest BCUT2D eigenvalue weighted by molar-refractivity contribution is 0.101. The third kappa shape index (κ3) is 2.33. The van der Waals surface area contributed by atoms with E-state index in [-0.39, 0.29) is 17.0 Å². The SMILES string of the molecule is CC(=O)c1cccc(F)c1N1CCC(C)(C)C1. The van der Waals surface area contributed by atoms with Crippen LogP contribution in [-0.4, -0.2) is 18.9 Å². The van der Waals surface area contributed by atoms with Crippen LogP contribution >= 0.6 is 0 Å². The molecule has 1 saturated heterocycles. The Hall–Kier alpha value is -1.38. The van der Waals surface area contributed by atoms with Gasteiger partial charge in [-0.05, 0) is 30.9 Å². The van der Waals surface area contributed by atoms with E-state index in [9.17, 15) is 9.18 Å². The second-order valence-electron chi connectivity index (χ2n) is 5.53. The molecule has 1 aromatic rings. The number of para-hydroxylation sites is 1. The number of benzene rings is 1. The van der Waals surface area contributed by atoms with Gasteiger partial charge in [0.2, 0.25) is 0 Å². The maximum absolute atomic E-state index is 13.9. The number of hydrogen-bond donors (Lipinski definition) is 0. The van der Waals surface area contributed by atoms with E-state index >= 15 is 0 Å². The molecular weight excluding hydrogens is 217 g/mol. The molecule has 1 aliphatic heterocycles. The molecule has 0 radical (unpaired) electrons. The molecule has 0 atom stereocenters. The predicted octanol–water partition coefficient (Wildman–Crippen LogP) is 3.26. The van der Waals surface area contributed by atoms with Crippen LogP contribution in [0.5, 0.6) is 0 Å². The summed E-state index contributed by atoms with van der Waals surface area (Å²) in [6.45, 7) is 7.44. The molecule has 3 heteroatoms. The van der Waals surface area contributed by atoms with E-state index in [1.54, 1.807) is 12.1 Å². The highest BCUT2D eigenvalue weighted by atomic mass is 19.1. The van der Waals surface area contributed by atoms with Crippen LogP contribution in [0.25, 0.3) is 0 Å². The lowest BCUT2D eigenvalue weighted by Gasteiger charge is -2.23. The number of halogens is 1. The first kappa shape index (κ1) is 12.1. The van der Waals surface area contributed by atoms with Crippen LogP contribution in [0.1, 0.15) is 37.6 Å². The highest BCUT2D eigenvalue weighted by Gasteiger charge is 2.32. The van der Waals surface area contributed by atoms with Crippen LogP contribution in [-0.2, 0) is 0 Å². The summed E-state index contributed by atoms with van der Waals surface area (Å²) in [6.07, 6.45) is 1.03. The van der Waals surface area contributed by atoms with Gasteiger partial charge < -0.3 is 4.90 Å². The van der Waals surface area contributed by atoms with E-state index in [1.165, 1.54) is 13.0 Å². The topological polar surface area (TPSA) is 20.3 Å². The van der Waals surface area contributed by atoms with Crippen LogP contribution < -0.4 is 4.90 Å². The number of anilines is 1. The van der Waals surface area contributed by atoms with Crippen molar-refractivity contribution < 1.29 is 9.18 Å². The molecule has 1 aliphatic rings. The molecule has 0 N–H and O–H groups in total. The zero-order chi connectivity index (χ0) is 12.6. The molecule has 92 valence electrons. The molecule has 2 nitrogen and oxygen atoms in total. The smallest absolute Gasteiger partial charge is 0.161 e. The monoisotopic (exact) mass is 235 g/mol. The third-order valence-electron chi connectivity index (χ3n) is 3.36. The van der Waals surface area contributed by atoms with Gasteiger partial charge in [-0.3, -0.25) is 4.79 Å². The maximum atomic E-state index is 13.9. The highest BCUT2D eigenvalue weighted by Crippen LogP contribution is 2.35. The Balaban J connectivity index is 2.42. The summed E-state index contributed by atoms with van der Waals surface area (Å²) >= 11 is 0. The molecular formula is C14H18FNO. The van der Waals surface area contributed by atoms with Crippen molar-refractivity contribution in [1.29, 1.82) is 0 Å². The van der Waals surface area contributed by atoms with Gasteiger partial charge in [0.25, 0.3) is 0 Å². The Bertz CT molecular complexity index is 454. The van der Waals surface area contributed by atoms with Gasteiger partial charge >= 0.3 is 0 Å². The maximum Gasteiger partial charge on any atom is 0.161 e. The number of hydrogen-bond acceptors (Lipinski definition) is 2. The first-order valence-corrected chi connectivity index (χ1v) is 5.95. The van der Waals surface area contributed by atoms with Crippen LogP contribution in [0.15, 0.2) is 18.2 Å². The number of carbonyl (C=O) groups is 1. The van der Waals surface area contributed by atoms with Crippen molar-refractivity contribution in [2.75, 3.05) is 18.0 Å². The fourth-order valence-electron chi connectivity index (χ4n) is 2.42. The van der Waals surface area contributed by atoms with Crippen LogP contribution in [0.3, 0.4) is 0 Å². The van der Waals surface area contributed by atoms with Gasteiger partial charge in [-0.1, -0.05) is 19.9 Å². The van der Waals surface area contributed by atoms with Gasteiger partial charge in [0.15, 0.2) is 5.78 Å². The summed E-state index contributed by atoms with van der Waals surface area (Å²) in [5.74, 6) is -0.375. The fraction of sp³-hybridized carbons (Fsp3) is 0.500. The predicted molar refractivity (Wildman–Crippen MR) is 67.0 cm³/mol. The van der Waals surface area contributed by atoms with Gasteiger partial charge in [0.05, 0.1) is 5.69 Å². The van der Waals surface area contributed by atoms with Crippen molar-refractivity contribution in [2.45, 2.75) is 27.2 Å². The molecule has 1 heterocycles. The molecule has 1 aromatic carbocycles. The molecule has 0 aliphatic carbocycles. The lowest BCUT2D eigenvalue weighted by Crippen LogP contribution is -2.25. The van der Waals surface area contributed by atoms with E-state index in [2.05, 4.69) is 13.8 Å². The summed E-state index contributed by atoms with van der Waals surface area (Å²) in [7, 11) is 0. The van der Waals surface area contributed by atoms with E-state index in [4.69, 9.17) is 0 Å². The Kier molecular flexibility index (Phi) is 2.94. The van der Waals surface area contributed by atoms with Crippen molar-refractivity contribution in [3.05, 3.63) is 29.6 Å². The van der Waals surface area contributed by atoms with Gasteiger partial charge in [-0.15, -0.1) is 0 Å². The van der Waals surface area contributed by atoms with E-state index < -0.39 is 0 Å². The quantitative estimate of drug-likeness (QED) is 0.733. The van der Waals surface area contributed by atoms with E-state index in [0.29, 0.717) is 11.3 Å². The van der Waals surface area contributed by atoms with Crippen molar-refractivity contribution in [2.24, 2.45) is 5.41 Å². The summed E-state index contributed by atoms with van der Waals surface area (Å²) in [5.41, 5.74) is 1.16. The van der Waals surface area contributed by atoms with Gasteiger partial charge in [0, 0.05) is 18.7 Å². The molecule has 17 heavy (non-hydrogen) atoms. The van der Waals surface area contributed by atoms with Gasteiger partial charge in [-0.2, -0.15) is 0 Å². The number of ketones is 1. The molecule has 2 rings (SSSR count). The van der Waals surface area contributed by atoms with E-state index in [0.717, 1.165) is 19.5 Å². The zero-order valence-corrected chi connectivity index (χ0v) is 10.6. The number of rotatable bonds is 2. The second-order valence-corrected chi connectivity index (χ2v) is 5.53. The largest absolute Gasteiger partial charge is 0.368 e. The molecule has 1 fully saturated rings. The average molecular weight is 235 g/mol. The molecule has 0 spiro atoms. The minimum Gasteiger partial charge on any atom is -0.368 e. The van der Waals surface area contributed by atoms with Gasteiger partial charge in [0.1, 0.15) is 5.82 Å². The molecule has 0 saturated carbocycles. The average Bonchev–Trinajstić information content (AvgIpc) is 2.58. The van der Waals surface area contributed by atoms with Crippen molar-refractivity contribution >= 4 is 11.5 Å². The van der Waals surface area contributed by atoms with E-state index in [1.807, 2.05) is 4.90 Å².